The van der Waals surface area contributed by atoms with Gasteiger partial charge in [-0.3, -0.25) is 4.79 Å². The molecule has 0 aliphatic rings. The lowest BCUT2D eigenvalue weighted by molar-refractivity contribution is -0.143. The molecule has 0 saturated heterocycles. The maximum absolute atomic E-state index is 12.4. The largest absolute Gasteiger partial charge is 0.497 e. The number of aromatic nitrogens is 3. The molecule has 6 heteroatoms. The number of ether oxygens (including phenoxy) is 2. The van der Waals surface area contributed by atoms with Gasteiger partial charge in [-0.05, 0) is 61.2 Å². The van der Waals surface area contributed by atoms with Gasteiger partial charge in [0.2, 0.25) is 0 Å². The third-order valence-corrected chi connectivity index (χ3v) is 6.33. The Labute approximate surface area is 206 Å². The molecule has 0 saturated carbocycles. The van der Waals surface area contributed by atoms with E-state index in [9.17, 15) is 4.79 Å². The minimum absolute atomic E-state index is 0.0961. The van der Waals surface area contributed by atoms with Crippen LogP contribution in [0.5, 0.6) is 5.75 Å². The van der Waals surface area contributed by atoms with Crippen LogP contribution in [0.15, 0.2) is 54.6 Å². The molecule has 4 rings (SSSR count). The van der Waals surface area contributed by atoms with Crippen molar-refractivity contribution >= 4 is 17.1 Å². The number of methoxy groups -OCH3 is 1. The highest BCUT2D eigenvalue weighted by Crippen LogP contribution is 2.30. The zero-order valence-corrected chi connectivity index (χ0v) is 21.2. The van der Waals surface area contributed by atoms with Crippen LogP contribution in [0.25, 0.3) is 11.2 Å². The van der Waals surface area contributed by atoms with Gasteiger partial charge in [-0.25, -0.2) is 9.97 Å². The van der Waals surface area contributed by atoms with Crippen LogP contribution >= 0.6 is 0 Å². The second kappa shape index (κ2) is 10.7. The number of rotatable bonds is 9. The molecule has 2 aromatic heterocycles. The fourth-order valence-electron chi connectivity index (χ4n) is 4.57. The molecule has 0 radical (unpaired) electrons. The van der Waals surface area contributed by atoms with Gasteiger partial charge in [0.15, 0.2) is 5.65 Å². The van der Waals surface area contributed by atoms with E-state index in [1.54, 1.807) is 7.11 Å². The third kappa shape index (κ3) is 5.37. The maximum Gasteiger partial charge on any atom is 0.306 e. The second-order valence-electron chi connectivity index (χ2n) is 8.80. The zero-order chi connectivity index (χ0) is 24.9. The Morgan fingerprint density at radius 1 is 0.971 bits per heavy atom. The number of pyridine rings is 1. The Morgan fingerprint density at radius 3 is 2.23 bits per heavy atom. The van der Waals surface area contributed by atoms with E-state index >= 15 is 0 Å². The van der Waals surface area contributed by atoms with E-state index in [0.29, 0.717) is 13.2 Å². The zero-order valence-electron chi connectivity index (χ0n) is 21.2. The van der Waals surface area contributed by atoms with Crippen LogP contribution in [0.1, 0.15) is 60.0 Å². The Kier molecular flexibility index (Phi) is 7.49. The van der Waals surface area contributed by atoms with E-state index in [1.807, 2.05) is 38.1 Å². The highest BCUT2D eigenvalue weighted by molar-refractivity contribution is 5.76. The van der Waals surface area contributed by atoms with Gasteiger partial charge in [-0.1, -0.05) is 43.3 Å². The topological polar surface area (TPSA) is 66.2 Å². The van der Waals surface area contributed by atoms with Crippen LogP contribution in [-0.4, -0.2) is 34.2 Å². The highest BCUT2D eigenvalue weighted by atomic mass is 16.5. The van der Waals surface area contributed by atoms with Gasteiger partial charge in [0.1, 0.15) is 17.1 Å². The van der Waals surface area contributed by atoms with Crippen LogP contribution in [0.4, 0.5) is 0 Å². The number of carbonyl (C=O) groups excluding carboxylic acids is 1. The summed E-state index contributed by atoms with van der Waals surface area (Å²) < 4.78 is 12.8. The predicted octanol–water partition coefficient (Wildman–Crippen LogP) is 5.75. The number of hydrogen-bond donors (Lipinski definition) is 0. The van der Waals surface area contributed by atoms with Crippen molar-refractivity contribution in [3.05, 3.63) is 88.4 Å². The molecule has 1 atom stereocenters. The lowest BCUT2D eigenvalue weighted by Gasteiger charge is -2.18. The molecule has 35 heavy (non-hydrogen) atoms. The molecule has 6 nitrogen and oxygen atoms in total. The first-order chi connectivity index (χ1) is 16.9. The van der Waals surface area contributed by atoms with Gasteiger partial charge in [0.25, 0.3) is 0 Å². The first kappa shape index (κ1) is 24.5. The van der Waals surface area contributed by atoms with Crippen molar-refractivity contribution in [2.24, 2.45) is 0 Å². The molecule has 0 amide bonds. The normalized spacial score (nSPS) is 12.0. The molecule has 2 aromatic carbocycles. The number of hydrogen-bond acceptors (Lipinski definition) is 5. The first-order valence-corrected chi connectivity index (χ1v) is 12.1. The summed E-state index contributed by atoms with van der Waals surface area (Å²) in [5, 5.41) is 0. The molecule has 1 unspecified atom stereocenters. The Morgan fingerprint density at radius 2 is 1.63 bits per heavy atom. The van der Waals surface area contributed by atoms with Crippen molar-refractivity contribution in [1.29, 1.82) is 0 Å². The van der Waals surface area contributed by atoms with Crippen molar-refractivity contribution < 1.29 is 14.3 Å². The van der Waals surface area contributed by atoms with Crippen molar-refractivity contribution in [1.82, 2.24) is 14.5 Å². The Bertz CT molecular complexity index is 1310. The van der Waals surface area contributed by atoms with Crippen LogP contribution in [0, 0.1) is 13.8 Å². The molecule has 2 heterocycles. The van der Waals surface area contributed by atoms with E-state index < -0.39 is 0 Å². The van der Waals surface area contributed by atoms with Gasteiger partial charge in [-0.2, -0.15) is 0 Å². The van der Waals surface area contributed by atoms with E-state index in [4.69, 9.17) is 19.4 Å². The summed E-state index contributed by atoms with van der Waals surface area (Å²) in [6, 6.07) is 18.4. The van der Waals surface area contributed by atoms with Gasteiger partial charge in [0.05, 0.1) is 26.7 Å². The quantitative estimate of drug-likeness (QED) is 0.291. The van der Waals surface area contributed by atoms with Gasteiger partial charge >= 0.3 is 5.97 Å². The van der Waals surface area contributed by atoms with Gasteiger partial charge in [-0.15, -0.1) is 0 Å². The number of esters is 1. The highest BCUT2D eigenvalue weighted by Gasteiger charge is 2.20. The standard InChI is InChI=1S/C29H33N3O3/c1-6-26-31-28-19(3)16-20(4)30-29(28)32(26)18-21-8-10-22(11-9-21)25(17-27(33)35-7-2)23-12-14-24(34-5)15-13-23/h8-16,25H,6-7,17-18H2,1-5H3. The summed E-state index contributed by atoms with van der Waals surface area (Å²) in [6.45, 7) is 9.13. The van der Waals surface area contributed by atoms with E-state index in [0.717, 1.165) is 57.1 Å². The summed E-state index contributed by atoms with van der Waals surface area (Å²) >= 11 is 0. The number of fused-ring (bicyclic) bond motifs is 1. The maximum atomic E-state index is 12.4. The van der Waals surface area contributed by atoms with E-state index in [1.165, 1.54) is 0 Å². The van der Waals surface area contributed by atoms with Gasteiger partial charge in [0, 0.05) is 18.0 Å². The minimum atomic E-state index is -0.202. The van der Waals surface area contributed by atoms with Crippen molar-refractivity contribution in [3.8, 4) is 5.75 Å². The Hall–Kier alpha value is -3.67. The van der Waals surface area contributed by atoms with Gasteiger partial charge < -0.3 is 14.0 Å². The smallest absolute Gasteiger partial charge is 0.306 e. The number of aryl methyl sites for hydroxylation is 3. The lowest BCUT2D eigenvalue weighted by atomic mass is 9.88. The SMILES string of the molecule is CCOC(=O)CC(c1ccc(Cn2c(CC)nc3c(C)cc(C)nc32)cc1)c1ccc(OC)cc1. The summed E-state index contributed by atoms with van der Waals surface area (Å²) in [7, 11) is 1.65. The summed E-state index contributed by atoms with van der Waals surface area (Å²) in [4.78, 5) is 22.0. The molecule has 0 fully saturated rings. The summed E-state index contributed by atoms with van der Waals surface area (Å²) in [5.74, 6) is 1.52. The molecule has 0 aliphatic heterocycles. The van der Waals surface area contributed by atoms with Crippen molar-refractivity contribution in [3.63, 3.8) is 0 Å². The number of benzene rings is 2. The predicted molar refractivity (Wildman–Crippen MR) is 138 cm³/mol. The van der Waals surface area contributed by atoms with Crippen LogP contribution in [-0.2, 0) is 22.5 Å². The average Bonchev–Trinajstić information content (AvgIpc) is 3.21. The molecule has 0 aliphatic carbocycles. The third-order valence-electron chi connectivity index (χ3n) is 6.33. The molecule has 4 aromatic rings. The van der Waals surface area contributed by atoms with Crippen molar-refractivity contribution in [2.45, 2.75) is 53.0 Å². The fourth-order valence-corrected chi connectivity index (χ4v) is 4.57. The Balaban J connectivity index is 1.64. The lowest BCUT2D eigenvalue weighted by Crippen LogP contribution is -2.12. The minimum Gasteiger partial charge on any atom is -0.497 e. The monoisotopic (exact) mass is 471 g/mol. The number of nitrogens with zero attached hydrogens (tertiary/aromatic N) is 3. The summed E-state index contributed by atoms with van der Waals surface area (Å²) in [6.07, 6.45) is 1.13. The van der Waals surface area contributed by atoms with Crippen molar-refractivity contribution in [2.75, 3.05) is 13.7 Å². The molecular weight excluding hydrogens is 438 g/mol. The fraction of sp³-hybridized carbons (Fsp3) is 0.345. The van der Waals surface area contributed by atoms with Crippen LogP contribution < -0.4 is 4.74 Å². The van der Waals surface area contributed by atoms with Crippen LogP contribution in [0.3, 0.4) is 0 Å². The van der Waals surface area contributed by atoms with Crippen LogP contribution in [0.2, 0.25) is 0 Å². The molecule has 0 bridgehead atoms. The second-order valence-corrected chi connectivity index (χ2v) is 8.80. The molecular formula is C29H33N3O3. The molecule has 182 valence electrons. The number of imidazole rings is 1. The molecule has 0 spiro atoms. The first-order valence-electron chi connectivity index (χ1n) is 12.1. The average molecular weight is 472 g/mol. The summed E-state index contributed by atoms with van der Waals surface area (Å²) in [5.41, 5.74) is 7.33. The molecule has 0 N–H and O–H groups in total. The number of carbonyl (C=O) groups is 1. The van der Waals surface area contributed by atoms with E-state index in [2.05, 4.69) is 48.7 Å². The van der Waals surface area contributed by atoms with E-state index in [-0.39, 0.29) is 18.3 Å².